The van der Waals surface area contributed by atoms with E-state index in [1.165, 1.54) is 0 Å². The fourth-order valence-electron chi connectivity index (χ4n) is 1.42. The molecule has 0 aromatic heterocycles. The summed E-state index contributed by atoms with van der Waals surface area (Å²) in [5, 5.41) is 9.39. The van der Waals surface area contributed by atoms with E-state index in [0.717, 1.165) is 25.7 Å². The summed E-state index contributed by atoms with van der Waals surface area (Å²) in [6, 6.07) is 0. The van der Waals surface area contributed by atoms with Crippen LogP contribution in [0.4, 0.5) is 0 Å². The van der Waals surface area contributed by atoms with Crippen molar-refractivity contribution in [3.05, 3.63) is 0 Å². The first-order valence-corrected chi connectivity index (χ1v) is 4.71. The summed E-state index contributed by atoms with van der Waals surface area (Å²) in [7, 11) is 0. The molecule has 2 unspecified atom stereocenters. The molecule has 70 valence electrons. The van der Waals surface area contributed by atoms with Gasteiger partial charge in [0.2, 0.25) is 0 Å². The zero-order chi connectivity index (χ0) is 8.97. The minimum atomic E-state index is -0.495. The number of alkyl halides is 1. The van der Waals surface area contributed by atoms with Gasteiger partial charge in [0.15, 0.2) is 0 Å². The third-order valence-electron chi connectivity index (χ3n) is 2.06. The van der Waals surface area contributed by atoms with Crippen LogP contribution in [0, 0.1) is 0 Å². The Labute approximate surface area is 76.7 Å². The molecule has 1 aliphatic rings. The molecule has 0 heterocycles. The van der Waals surface area contributed by atoms with Gasteiger partial charge >= 0.3 is 5.97 Å². The van der Waals surface area contributed by atoms with Gasteiger partial charge in [-0.1, -0.05) is 6.42 Å². The van der Waals surface area contributed by atoms with Crippen molar-refractivity contribution < 1.29 is 14.6 Å². The van der Waals surface area contributed by atoms with Crippen LogP contribution in [-0.4, -0.2) is 29.2 Å². The molecule has 1 aliphatic carbocycles. The predicted molar refractivity (Wildman–Crippen MR) is 45.1 cm³/mol. The average Bonchev–Trinajstić information content (AvgIpc) is 2.09. The normalized spacial score (nSPS) is 29.8. The van der Waals surface area contributed by atoms with Gasteiger partial charge in [-0.25, -0.2) is 0 Å². The number of rotatable bonds is 2. The van der Waals surface area contributed by atoms with E-state index in [1.807, 2.05) is 0 Å². The number of carbonyl (C=O) groups excluding carboxylic acids is 1. The van der Waals surface area contributed by atoms with E-state index in [1.54, 1.807) is 0 Å². The van der Waals surface area contributed by atoms with Gasteiger partial charge in [-0.3, -0.25) is 4.79 Å². The Kier molecular flexibility index (Phi) is 3.82. The van der Waals surface area contributed by atoms with E-state index in [0.29, 0.717) is 0 Å². The molecule has 1 N–H and O–H groups in total. The summed E-state index contributed by atoms with van der Waals surface area (Å²) in [4.78, 5) is 10.8. The van der Waals surface area contributed by atoms with Crippen molar-refractivity contribution in [3.63, 3.8) is 0 Å². The number of aliphatic hydroxyl groups is 1. The zero-order valence-electron chi connectivity index (χ0n) is 6.83. The summed E-state index contributed by atoms with van der Waals surface area (Å²) < 4.78 is 4.93. The quantitative estimate of drug-likeness (QED) is 0.526. The molecule has 12 heavy (non-hydrogen) atoms. The Morgan fingerprint density at radius 1 is 1.50 bits per heavy atom. The van der Waals surface area contributed by atoms with Crippen molar-refractivity contribution in [2.24, 2.45) is 0 Å². The van der Waals surface area contributed by atoms with E-state index in [-0.39, 0.29) is 12.0 Å². The van der Waals surface area contributed by atoms with Crippen LogP contribution >= 0.6 is 11.6 Å². The molecule has 0 spiro atoms. The van der Waals surface area contributed by atoms with Crippen LogP contribution in [0.3, 0.4) is 0 Å². The molecule has 3 nitrogen and oxygen atoms in total. The van der Waals surface area contributed by atoms with E-state index in [9.17, 15) is 9.90 Å². The van der Waals surface area contributed by atoms with Crippen molar-refractivity contribution >= 4 is 17.6 Å². The van der Waals surface area contributed by atoms with E-state index in [2.05, 4.69) is 0 Å². The third-order valence-corrected chi connectivity index (χ3v) is 2.28. The number of hydrogen-bond acceptors (Lipinski definition) is 3. The van der Waals surface area contributed by atoms with Crippen LogP contribution in [0.1, 0.15) is 25.7 Å². The molecule has 0 saturated heterocycles. The van der Waals surface area contributed by atoms with Crippen molar-refractivity contribution in [1.29, 1.82) is 0 Å². The lowest BCUT2D eigenvalue weighted by Gasteiger charge is -2.26. The molecule has 1 fully saturated rings. The Morgan fingerprint density at radius 3 is 2.75 bits per heavy atom. The van der Waals surface area contributed by atoms with Crippen molar-refractivity contribution in [2.45, 2.75) is 37.9 Å². The highest BCUT2D eigenvalue weighted by atomic mass is 35.5. The summed E-state index contributed by atoms with van der Waals surface area (Å²) in [5.41, 5.74) is 0. The maximum Gasteiger partial charge on any atom is 0.321 e. The van der Waals surface area contributed by atoms with Crippen molar-refractivity contribution in [3.8, 4) is 0 Å². The molecule has 1 saturated carbocycles. The van der Waals surface area contributed by atoms with Gasteiger partial charge in [-0.15, -0.1) is 11.6 Å². The van der Waals surface area contributed by atoms with Crippen LogP contribution in [0.25, 0.3) is 0 Å². The van der Waals surface area contributed by atoms with Gasteiger partial charge in [-0.05, 0) is 19.3 Å². The van der Waals surface area contributed by atoms with Gasteiger partial charge in [0.05, 0.1) is 6.10 Å². The molecule has 2 atom stereocenters. The Bertz CT molecular complexity index is 160. The smallest absolute Gasteiger partial charge is 0.321 e. The maximum absolute atomic E-state index is 10.8. The fourth-order valence-corrected chi connectivity index (χ4v) is 1.48. The molecule has 0 aromatic carbocycles. The first-order valence-electron chi connectivity index (χ1n) is 4.17. The number of aliphatic hydroxyl groups excluding tert-OH is 1. The van der Waals surface area contributed by atoms with Gasteiger partial charge in [0.25, 0.3) is 0 Å². The van der Waals surface area contributed by atoms with Crippen molar-refractivity contribution in [1.82, 2.24) is 0 Å². The SMILES string of the molecule is O=C(CCl)OC1CCCCC1O. The van der Waals surface area contributed by atoms with Gasteiger partial charge in [0, 0.05) is 0 Å². The lowest BCUT2D eigenvalue weighted by molar-refractivity contribution is -0.154. The van der Waals surface area contributed by atoms with Crippen LogP contribution < -0.4 is 0 Å². The van der Waals surface area contributed by atoms with Crippen molar-refractivity contribution in [2.75, 3.05) is 5.88 Å². The highest BCUT2D eigenvalue weighted by molar-refractivity contribution is 6.26. The summed E-state index contributed by atoms with van der Waals surface area (Å²) in [6.07, 6.45) is 2.67. The first kappa shape index (κ1) is 9.81. The standard InChI is InChI=1S/C8H13ClO3/c9-5-8(11)12-7-4-2-1-3-6(7)10/h6-7,10H,1-5H2. The second kappa shape index (κ2) is 4.67. The van der Waals surface area contributed by atoms with Crippen LogP contribution in [0.15, 0.2) is 0 Å². The van der Waals surface area contributed by atoms with Gasteiger partial charge < -0.3 is 9.84 Å². The second-order valence-corrected chi connectivity index (χ2v) is 3.28. The number of hydrogen-bond donors (Lipinski definition) is 1. The molecule has 0 aromatic rings. The number of esters is 1. The lowest BCUT2D eigenvalue weighted by Crippen LogP contribution is -2.34. The zero-order valence-corrected chi connectivity index (χ0v) is 7.59. The van der Waals surface area contributed by atoms with Crippen LogP contribution in [0.5, 0.6) is 0 Å². The summed E-state index contributed by atoms with van der Waals surface area (Å²) in [5.74, 6) is -0.578. The minimum absolute atomic E-state index is 0.136. The van der Waals surface area contributed by atoms with E-state index >= 15 is 0 Å². The van der Waals surface area contributed by atoms with E-state index in [4.69, 9.17) is 16.3 Å². The largest absolute Gasteiger partial charge is 0.459 e. The summed E-state index contributed by atoms with van der Waals surface area (Å²) in [6.45, 7) is 0. The molecule has 0 bridgehead atoms. The first-order chi connectivity index (χ1) is 5.74. The van der Waals surface area contributed by atoms with E-state index < -0.39 is 12.1 Å². The highest BCUT2D eigenvalue weighted by Gasteiger charge is 2.25. The molecule has 0 aliphatic heterocycles. The fraction of sp³-hybridized carbons (Fsp3) is 0.875. The van der Waals surface area contributed by atoms with Gasteiger partial charge in [0.1, 0.15) is 12.0 Å². The Morgan fingerprint density at radius 2 is 2.17 bits per heavy atom. The molecular weight excluding hydrogens is 180 g/mol. The molecule has 0 amide bonds. The highest BCUT2D eigenvalue weighted by Crippen LogP contribution is 2.21. The molecular formula is C8H13ClO3. The molecule has 4 heteroatoms. The maximum atomic E-state index is 10.8. The van der Waals surface area contributed by atoms with Crippen LogP contribution in [-0.2, 0) is 9.53 Å². The summed E-state index contributed by atoms with van der Waals surface area (Å²) >= 11 is 5.26. The van der Waals surface area contributed by atoms with Crippen LogP contribution in [0.2, 0.25) is 0 Å². The molecule has 0 radical (unpaired) electrons. The predicted octanol–water partition coefficient (Wildman–Crippen LogP) is 1.07. The number of carbonyl (C=O) groups is 1. The third kappa shape index (κ3) is 2.64. The topological polar surface area (TPSA) is 46.5 Å². The second-order valence-electron chi connectivity index (χ2n) is 3.01. The Balaban J connectivity index is 2.33. The minimum Gasteiger partial charge on any atom is -0.459 e. The number of halogens is 1. The number of ether oxygens (including phenoxy) is 1. The Hall–Kier alpha value is -0.280. The average molecular weight is 193 g/mol. The monoisotopic (exact) mass is 192 g/mol. The van der Waals surface area contributed by atoms with Gasteiger partial charge in [-0.2, -0.15) is 0 Å². The lowest BCUT2D eigenvalue weighted by atomic mass is 9.95. The molecule has 1 rings (SSSR count).